The Bertz CT molecular complexity index is 451. The molecule has 2 amide bonds. The summed E-state index contributed by atoms with van der Waals surface area (Å²) >= 11 is 11.4. The molecule has 0 fully saturated rings. The van der Waals surface area contributed by atoms with Crippen molar-refractivity contribution in [1.29, 1.82) is 0 Å². The third-order valence-corrected chi connectivity index (χ3v) is 2.56. The van der Waals surface area contributed by atoms with Crippen LogP contribution in [0, 0.1) is 0 Å². The van der Waals surface area contributed by atoms with E-state index >= 15 is 0 Å². The molecular formula is C10H11Cl2N3O2. The third-order valence-electron chi connectivity index (χ3n) is 2.06. The Morgan fingerprint density at radius 1 is 1.41 bits per heavy atom. The molecule has 1 heterocycles. The maximum atomic E-state index is 12.0. The van der Waals surface area contributed by atoms with Crippen LogP contribution in [0.3, 0.4) is 0 Å². The van der Waals surface area contributed by atoms with Gasteiger partial charge in [-0.1, -0.05) is 23.2 Å². The summed E-state index contributed by atoms with van der Waals surface area (Å²) in [5, 5.41) is 0.204. The van der Waals surface area contributed by atoms with Gasteiger partial charge < -0.3 is 10.6 Å². The highest BCUT2D eigenvalue weighted by molar-refractivity contribution is 6.34. The van der Waals surface area contributed by atoms with Crippen molar-refractivity contribution >= 4 is 35.0 Å². The van der Waals surface area contributed by atoms with Gasteiger partial charge in [0.2, 0.25) is 5.91 Å². The number of likely N-dealkylation sites (N-methyl/N-ethyl adjacent to an activating group) is 1. The van der Waals surface area contributed by atoms with Crippen LogP contribution >= 0.6 is 23.2 Å². The lowest BCUT2D eigenvalue weighted by molar-refractivity contribution is -0.118. The minimum Gasteiger partial charge on any atom is -0.368 e. The van der Waals surface area contributed by atoms with Crippen molar-refractivity contribution in [1.82, 2.24) is 9.88 Å². The summed E-state index contributed by atoms with van der Waals surface area (Å²) in [5.74, 6) is -0.987. The fraction of sp³-hybridized carbons (Fsp3) is 0.300. The monoisotopic (exact) mass is 275 g/mol. The first-order valence-electron chi connectivity index (χ1n) is 4.85. The quantitative estimate of drug-likeness (QED) is 0.843. The summed E-state index contributed by atoms with van der Waals surface area (Å²) in [7, 11) is 0. The van der Waals surface area contributed by atoms with Crippen molar-refractivity contribution < 1.29 is 9.59 Å². The number of hydrogen-bond donors (Lipinski definition) is 1. The number of halogens is 2. The van der Waals surface area contributed by atoms with Crippen molar-refractivity contribution in [3.05, 3.63) is 28.0 Å². The van der Waals surface area contributed by atoms with Crippen LogP contribution in [-0.4, -0.2) is 34.8 Å². The van der Waals surface area contributed by atoms with Gasteiger partial charge in [-0.3, -0.25) is 9.59 Å². The second kappa shape index (κ2) is 5.84. The predicted molar refractivity (Wildman–Crippen MR) is 65.0 cm³/mol. The summed E-state index contributed by atoms with van der Waals surface area (Å²) in [6.45, 7) is 1.92. The van der Waals surface area contributed by atoms with Gasteiger partial charge in [0.25, 0.3) is 5.91 Å². The van der Waals surface area contributed by atoms with Crippen molar-refractivity contribution in [3.63, 3.8) is 0 Å². The largest absolute Gasteiger partial charge is 0.368 e. The molecule has 0 spiro atoms. The van der Waals surface area contributed by atoms with Crippen molar-refractivity contribution in [3.8, 4) is 0 Å². The van der Waals surface area contributed by atoms with Crippen LogP contribution < -0.4 is 5.73 Å². The van der Waals surface area contributed by atoms with Crippen molar-refractivity contribution in [2.75, 3.05) is 13.1 Å². The highest BCUT2D eigenvalue weighted by Crippen LogP contribution is 2.18. The van der Waals surface area contributed by atoms with E-state index in [0.29, 0.717) is 6.54 Å². The van der Waals surface area contributed by atoms with Gasteiger partial charge in [-0.2, -0.15) is 0 Å². The number of carbonyl (C=O) groups excluding carboxylic acids is 2. The number of nitrogens with two attached hydrogens (primary N) is 1. The van der Waals surface area contributed by atoms with E-state index in [1.54, 1.807) is 6.92 Å². The molecule has 1 aromatic heterocycles. The van der Waals surface area contributed by atoms with Crippen LogP contribution in [-0.2, 0) is 4.79 Å². The van der Waals surface area contributed by atoms with Crippen LogP contribution in [0.25, 0.3) is 0 Å². The number of pyridine rings is 1. The highest BCUT2D eigenvalue weighted by atomic mass is 35.5. The minimum atomic E-state index is -0.585. The van der Waals surface area contributed by atoms with Gasteiger partial charge in [0.05, 0.1) is 12.1 Å². The summed E-state index contributed by atoms with van der Waals surface area (Å²) in [5.41, 5.74) is 5.24. The average molecular weight is 276 g/mol. The Hall–Kier alpha value is -1.33. The summed E-state index contributed by atoms with van der Waals surface area (Å²) in [4.78, 5) is 27.8. The average Bonchev–Trinajstić information content (AvgIpc) is 2.24. The molecule has 0 saturated carbocycles. The summed E-state index contributed by atoms with van der Waals surface area (Å²) in [6.07, 6.45) is 0. The molecule has 0 saturated heterocycles. The first-order chi connectivity index (χ1) is 7.95. The van der Waals surface area contributed by atoms with Crippen LogP contribution in [0.4, 0.5) is 0 Å². The molecule has 0 aliphatic carbocycles. The van der Waals surface area contributed by atoms with Gasteiger partial charge in [-0.15, -0.1) is 0 Å². The van der Waals surface area contributed by atoms with Gasteiger partial charge in [-0.05, 0) is 19.1 Å². The van der Waals surface area contributed by atoms with Crippen LogP contribution in [0.15, 0.2) is 12.1 Å². The Kier molecular flexibility index (Phi) is 4.72. The molecule has 0 atom stereocenters. The zero-order chi connectivity index (χ0) is 13.0. The second-order valence-electron chi connectivity index (χ2n) is 3.26. The maximum absolute atomic E-state index is 12.0. The molecule has 0 radical (unpaired) electrons. The van der Waals surface area contributed by atoms with Crippen molar-refractivity contribution in [2.24, 2.45) is 5.73 Å². The summed E-state index contributed by atoms with van der Waals surface area (Å²) < 4.78 is 0. The summed E-state index contributed by atoms with van der Waals surface area (Å²) in [6, 6.07) is 2.92. The molecule has 17 heavy (non-hydrogen) atoms. The van der Waals surface area contributed by atoms with E-state index in [2.05, 4.69) is 4.98 Å². The molecule has 7 heteroatoms. The molecule has 2 N–H and O–H groups in total. The molecule has 92 valence electrons. The van der Waals surface area contributed by atoms with E-state index < -0.39 is 11.8 Å². The molecule has 0 aliphatic heterocycles. The number of carbonyl (C=O) groups is 2. The number of amides is 2. The zero-order valence-corrected chi connectivity index (χ0v) is 10.6. The van der Waals surface area contributed by atoms with E-state index in [-0.39, 0.29) is 22.4 Å². The van der Waals surface area contributed by atoms with Crippen LogP contribution in [0.2, 0.25) is 10.3 Å². The first-order valence-corrected chi connectivity index (χ1v) is 5.61. The Morgan fingerprint density at radius 3 is 2.53 bits per heavy atom. The van der Waals surface area contributed by atoms with Crippen LogP contribution in [0.1, 0.15) is 17.3 Å². The van der Waals surface area contributed by atoms with Gasteiger partial charge >= 0.3 is 0 Å². The third kappa shape index (κ3) is 3.57. The Morgan fingerprint density at radius 2 is 2.06 bits per heavy atom. The van der Waals surface area contributed by atoms with Gasteiger partial charge in [0.1, 0.15) is 10.3 Å². The number of primary amides is 1. The number of hydrogen-bond acceptors (Lipinski definition) is 3. The standard InChI is InChI=1S/C10H11Cl2N3O2/c1-2-15(5-8(13)16)10(17)6-3-4-7(11)14-9(6)12/h3-4H,2,5H2,1H3,(H2,13,16). The van der Waals surface area contributed by atoms with Gasteiger partial charge in [0.15, 0.2) is 0 Å². The molecule has 0 bridgehead atoms. The Labute approximate surface area is 109 Å². The predicted octanol–water partition coefficient (Wildman–Crippen LogP) is 1.34. The minimum absolute atomic E-state index is 0.00502. The van der Waals surface area contributed by atoms with E-state index in [1.165, 1.54) is 17.0 Å². The topological polar surface area (TPSA) is 76.3 Å². The fourth-order valence-corrected chi connectivity index (χ4v) is 1.68. The van der Waals surface area contributed by atoms with Crippen LogP contribution in [0.5, 0.6) is 0 Å². The van der Waals surface area contributed by atoms with E-state index in [9.17, 15) is 9.59 Å². The number of nitrogens with zero attached hydrogens (tertiary/aromatic N) is 2. The molecule has 0 unspecified atom stereocenters. The van der Waals surface area contributed by atoms with Gasteiger partial charge in [0, 0.05) is 6.54 Å². The molecule has 0 aromatic carbocycles. The molecule has 0 aliphatic rings. The Balaban J connectivity index is 2.97. The molecule has 1 aromatic rings. The highest BCUT2D eigenvalue weighted by Gasteiger charge is 2.19. The maximum Gasteiger partial charge on any atom is 0.257 e. The van der Waals surface area contributed by atoms with Gasteiger partial charge in [-0.25, -0.2) is 4.98 Å². The fourth-order valence-electron chi connectivity index (χ4n) is 1.26. The normalized spacial score (nSPS) is 10.1. The lowest BCUT2D eigenvalue weighted by Gasteiger charge is -2.19. The second-order valence-corrected chi connectivity index (χ2v) is 4.00. The number of rotatable bonds is 4. The van der Waals surface area contributed by atoms with E-state index in [1.807, 2.05) is 0 Å². The smallest absolute Gasteiger partial charge is 0.257 e. The van der Waals surface area contributed by atoms with E-state index in [0.717, 1.165) is 0 Å². The lowest BCUT2D eigenvalue weighted by atomic mass is 10.2. The number of aromatic nitrogens is 1. The van der Waals surface area contributed by atoms with E-state index in [4.69, 9.17) is 28.9 Å². The van der Waals surface area contributed by atoms with Crippen molar-refractivity contribution in [2.45, 2.75) is 6.92 Å². The molecule has 5 nitrogen and oxygen atoms in total. The SMILES string of the molecule is CCN(CC(N)=O)C(=O)c1ccc(Cl)nc1Cl. The zero-order valence-electron chi connectivity index (χ0n) is 9.11. The molecule has 1 rings (SSSR count). The first kappa shape index (κ1) is 13.7. The molecular weight excluding hydrogens is 265 g/mol. The lowest BCUT2D eigenvalue weighted by Crippen LogP contribution is -2.38.